The van der Waals surface area contributed by atoms with Crippen LogP contribution in [0, 0.1) is 20.2 Å². The molecule has 0 fully saturated rings. The summed E-state index contributed by atoms with van der Waals surface area (Å²) in [6, 6.07) is 16.4. The maximum absolute atomic E-state index is 12.7. The Morgan fingerprint density at radius 2 is 1.61 bits per heavy atom. The molecule has 3 N–H and O–H groups in total. The number of benzene rings is 3. The number of nitrogens with zero attached hydrogens (tertiary/aromatic N) is 3. The van der Waals surface area contributed by atoms with Crippen molar-refractivity contribution >= 4 is 46.5 Å². The standard InChI is InChI=1S/C15H11N3O7.C9H10ClNO2/c19-14(20)9-16(10-4-2-1-3-5-10)15(21)12-7-6-11(17(22)23)8-13(12)18(24)25;1-13-9(12)8(11)6-4-2-3-5-7(6)10/h1-8H,9H2,(H,19,20);2-5,8H,11H2,1H3/t;8-/m.0/s1. The Kier molecular flexibility index (Phi) is 10.4. The van der Waals surface area contributed by atoms with Gasteiger partial charge in [0.05, 0.1) is 23.0 Å². The second kappa shape index (κ2) is 13.4. The van der Waals surface area contributed by atoms with Gasteiger partial charge in [0.15, 0.2) is 0 Å². The van der Waals surface area contributed by atoms with Gasteiger partial charge in [-0.05, 0) is 29.8 Å². The highest BCUT2D eigenvalue weighted by Gasteiger charge is 2.29. The number of esters is 1. The Balaban J connectivity index is 0.000000328. The molecule has 3 aromatic carbocycles. The number of nitro groups is 2. The number of ether oxygens (including phenoxy) is 1. The number of carbonyl (C=O) groups is 3. The van der Waals surface area contributed by atoms with E-state index in [0.29, 0.717) is 16.7 Å². The van der Waals surface area contributed by atoms with Crippen LogP contribution in [0.3, 0.4) is 0 Å². The highest BCUT2D eigenvalue weighted by atomic mass is 35.5. The molecular formula is C24H21ClN4O9. The molecule has 0 unspecified atom stereocenters. The normalized spacial score (nSPS) is 10.8. The van der Waals surface area contributed by atoms with Gasteiger partial charge in [0.1, 0.15) is 18.2 Å². The first kappa shape index (κ1) is 29.4. The highest BCUT2D eigenvalue weighted by Crippen LogP contribution is 2.27. The van der Waals surface area contributed by atoms with Gasteiger partial charge in [0.2, 0.25) is 0 Å². The van der Waals surface area contributed by atoms with Crippen molar-refractivity contribution in [1.82, 2.24) is 0 Å². The molecule has 1 atom stereocenters. The monoisotopic (exact) mass is 544 g/mol. The maximum Gasteiger partial charge on any atom is 0.327 e. The summed E-state index contributed by atoms with van der Waals surface area (Å²) in [6.45, 7) is -0.725. The van der Waals surface area contributed by atoms with Gasteiger partial charge < -0.3 is 15.6 Å². The van der Waals surface area contributed by atoms with Gasteiger partial charge in [-0.2, -0.15) is 0 Å². The molecule has 0 aliphatic heterocycles. The molecule has 0 bridgehead atoms. The summed E-state index contributed by atoms with van der Waals surface area (Å²) in [4.78, 5) is 55.8. The van der Waals surface area contributed by atoms with E-state index in [1.54, 1.807) is 42.5 Å². The number of aliphatic carboxylic acids is 1. The topological polar surface area (TPSA) is 196 Å². The predicted octanol–water partition coefficient (Wildman–Crippen LogP) is 3.75. The molecule has 3 rings (SSSR count). The van der Waals surface area contributed by atoms with E-state index in [1.165, 1.54) is 19.2 Å². The first-order valence-electron chi connectivity index (χ1n) is 10.6. The number of carbonyl (C=O) groups excluding carboxylic acids is 2. The molecule has 0 radical (unpaired) electrons. The van der Waals surface area contributed by atoms with Gasteiger partial charge in [-0.1, -0.05) is 48.0 Å². The van der Waals surface area contributed by atoms with Gasteiger partial charge in [0, 0.05) is 16.8 Å². The van der Waals surface area contributed by atoms with Gasteiger partial charge in [-0.25, -0.2) is 0 Å². The van der Waals surface area contributed by atoms with E-state index in [9.17, 15) is 34.6 Å². The van der Waals surface area contributed by atoms with Crippen molar-refractivity contribution in [2.24, 2.45) is 5.73 Å². The Morgan fingerprint density at radius 1 is 1.00 bits per heavy atom. The van der Waals surface area contributed by atoms with E-state index in [-0.39, 0.29) is 5.69 Å². The van der Waals surface area contributed by atoms with Crippen molar-refractivity contribution in [2.75, 3.05) is 18.6 Å². The molecular weight excluding hydrogens is 524 g/mol. The molecule has 14 heteroatoms. The van der Waals surface area contributed by atoms with Crippen molar-refractivity contribution in [3.05, 3.63) is 109 Å². The Labute approximate surface area is 220 Å². The molecule has 198 valence electrons. The number of hydrogen-bond acceptors (Lipinski definition) is 9. The van der Waals surface area contributed by atoms with Gasteiger partial charge in [0.25, 0.3) is 17.3 Å². The van der Waals surface area contributed by atoms with E-state index in [4.69, 9.17) is 22.4 Å². The molecule has 0 aliphatic rings. The average molecular weight is 545 g/mol. The van der Waals surface area contributed by atoms with Crippen LogP contribution in [-0.2, 0) is 14.3 Å². The fourth-order valence-corrected chi connectivity index (χ4v) is 3.37. The van der Waals surface area contributed by atoms with Crippen molar-refractivity contribution in [1.29, 1.82) is 0 Å². The number of nitrogens with two attached hydrogens (primary N) is 1. The van der Waals surface area contributed by atoms with E-state index in [0.717, 1.165) is 17.0 Å². The number of anilines is 1. The van der Waals surface area contributed by atoms with Crippen LogP contribution in [0.4, 0.5) is 17.1 Å². The van der Waals surface area contributed by atoms with Crippen molar-refractivity contribution < 1.29 is 34.1 Å². The number of non-ortho nitro benzene ring substituents is 1. The second-order valence-corrected chi connectivity index (χ2v) is 7.77. The number of para-hydroxylation sites is 1. The molecule has 0 saturated carbocycles. The van der Waals surface area contributed by atoms with Gasteiger partial charge in [-0.3, -0.25) is 39.5 Å². The zero-order chi connectivity index (χ0) is 28.4. The molecule has 0 heterocycles. The van der Waals surface area contributed by atoms with E-state index in [2.05, 4.69) is 4.74 Å². The lowest BCUT2D eigenvalue weighted by molar-refractivity contribution is -0.394. The van der Waals surface area contributed by atoms with E-state index < -0.39 is 57.2 Å². The van der Waals surface area contributed by atoms with Crippen molar-refractivity contribution in [3.8, 4) is 0 Å². The minimum Gasteiger partial charge on any atom is -0.480 e. The lowest BCUT2D eigenvalue weighted by atomic mass is 10.1. The Hall–Kier alpha value is -4.88. The van der Waals surface area contributed by atoms with E-state index >= 15 is 0 Å². The first-order chi connectivity index (χ1) is 18.0. The summed E-state index contributed by atoms with van der Waals surface area (Å²) in [5.74, 6) is -2.76. The number of carboxylic acid groups (broad SMARTS) is 1. The molecule has 0 aromatic heterocycles. The van der Waals surface area contributed by atoms with Crippen LogP contribution in [0.5, 0.6) is 0 Å². The number of rotatable bonds is 8. The molecule has 1 amide bonds. The predicted molar refractivity (Wildman–Crippen MR) is 136 cm³/mol. The lowest BCUT2D eigenvalue weighted by Gasteiger charge is -2.20. The van der Waals surface area contributed by atoms with Crippen molar-refractivity contribution in [3.63, 3.8) is 0 Å². The third kappa shape index (κ3) is 7.56. The molecule has 38 heavy (non-hydrogen) atoms. The van der Waals surface area contributed by atoms with Crippen LogP contribution in [0.25, 0.3) is 0 Å². The average Bonchev–Trinajstić information content (AvgIpc) is 2.91. The number of carboxylic acids is 1. The molecule has 3 aromatic rings. The summed E-state index contributed by atoms with van der Waals surface area (Å²) in [6.07, 6.45) is 0. The third-order valence-corrected chi connectivity index (χ3v) is 5.27. The number of amides is 1. The minimum absolute atomic E-state index is 0.225. The third-order valence-electron chi connectivity index (χ3n) is 4.92. The van der Waals surface area contributed by atoms with Crippen LogP contribution in [0.2, 0.25) is 5.02 Å². The van der Waals surface area contributed by atoms with Crippen molar-refractivity contribution in [2.45, 2.75) is 6.04 Å². The summed E-state index contributed by atoms with van der Waals surface area (Å²) in [5.41, 5.74) is 4.63. The number of nitro benzene ring substituents is 2. The van der Waals surface area contributed by atoms with Crippen LogP contribution < -0.4 is 10.6 Å². The zero-order valence-electron chi connectivity index (χ0n) is 19.7. The summed E-state index contributed by atoms with van der Waals surface area (Å²) in [5, 5.41) is 31.4. The smallest absolute Gasteiger partial charge is 0.327 e. The fourth-order valence-electron chi connectivity index (χ4n) is 3.12. The first-order valence-corrected chi connectivity index (χ1v) is 10.9. The highest BCUT2D eigenvalue weighted by molar-refractivity contribution is 6.31. The largest absolute Gasteiger partial charge is 0.480 e. The number of hydrogen-bond donors (Lipinski definition) is 2. The zero-order valence-corrected chi connectivity index (χ0v) is 20.5. The number of methoxy groups -OCH3 is 1. The molecule has 0 saturated heterocycles. The SMILES string of the molecule is COC(=O)[C@@H](N)c1ccccc1Cl.O=C(O)CN(C(=O)c1ccc([N+](=O)[O-])cc1[N+](=O)[O-])c1ccccc1. The summed E-state index contributed by atoms with van der Waals surface area (Å²) in [7, 11) is 1.29. The maximum atomic E-state index is 12.7. The van der Waals surface area contributed by atoms with Crippen LogP contribution in [-0.4, -0.2) is 46.5 Å². The second-order valence-electron chi connectivity index (χ2n) is 7.36. The van der Waals surface area contributed by atoms with E-state index in [1.807, 2.05) is 0 Å². The molecule has 0 aliphatic carbocycles. The Bertz CT molecular complexity index is 1350. The number of halogens is 1. The van der Waals surface area contributed by atoms with Gasteiger partial charge >= 0.3 is 11.9 Å². The summed E-state index contributed by atoms with van der Waals surface area (Å²) < 4.78 is 4.50. The Morgan fingerprint density at radius 3 is 2.13 bits per heavy atom. The fraction of sp³-hybridized carbons (Fsp3) is 0.125. The molecule has 13 nitrogen and oxygen atoms in total. The lowest BCUT2D eigenvalue weighted by Crippen LogP contribution is -2.36. The minimum atomic E-state index is -1.32. The van der Waals surface area contributed by atoms with Gasteiger partial charge in [-0.15, -0.1) is 0 Å². The van der Waals surface area contributed by atoms with Crippen LogP contribution in [0.15, 0.2) is 72.8 Å². The molecule has 0 spiro atoms. The summed E-state index contributed by atoms with van der Waals surface area (Å²) >= 11 is 5.83. The van der Waals surface area contributed by atoms with Crippen LogP contribution in [0.1, 0.15) is 22.0 Å². The van der Waals surface area contributed by atoms with Crippen LogP contribution >= 0.6 is 11.6 Å². The quantitative estimate of drug-likeness (QED) is 0.239.